The van der Waals surface area contributed by atoms with Gasteiger partial charge >= 0.3 is 0 Å². The first kappa shape index (κ1) is 24.9. The Morgan fingerprint density at radius 1 is 0.440 bits per heavy atom. The lowest BCUT2D eigenvalue weighted by molar-refractivity contribution is 0.530. The van der Waals surface area contributed by atoms with Crippen LogP contribution in [-0.2, 0) is 0 Å². The van der Waals surface area contributed by atoms with Crippen molar-refractivity contribution in [1.82, 2.24) is 10.6 Å². The number of unbranched alkanes of at least 4 members (excludes halogenated alkanes) is 13. The average Bonchev–Trinajstić information content (AvgIpc) is 2.63. The van der Waals surface area contributed by atoms with E-state index in [1.165, 1.54) is 129 Å². The monoisotopic (exact) mass is 355 g/mol. The Balaban J connectivity index is 2.94. The zero-order valence-electron chi connectivity index (χ0n) is 17.4. The maximum Gasteiger partial charge on any atom is -0.00489 e. The minimum absolute atomic E-state index is 0.849. The van der Waals surface area contributed by atoms with Crippen LogP contribution in [0.2, 0.25) is 0 Å². The summed E-state index contributed by atoms with van der Waals surface area (Å²) in [5, 5.41) is 7.17. The predicted octanol–water partition coefficient (Wildman–Crippen LogP) is 5.39. The van der Waals surface area contributed by atoms with Crippen molar-refractivity contribution >= 4 is 0 Å². The molecular weight excluding hydrogens is 306 g/mol. The lowest BCUT2D eigenvalue weighted by Crippen LogP contribution is -2.17. The largest absolute Gasteiger partial charge is 0.330 e. The average molecular weight is 356 g/mol. The molecule has 0 aromatic rings. The molecule has 0 aliphatic rings. The van der Waals surface area contributed by atoms with Gasteiger partial charge in [0.25, 0.3) is 0 Å². The molecular formula is C22H49N3. The van der Waals surface area contributed by atoms with Gasteiger partial charge in [-0.15, -0.1) is 0 Å². The lowest BCUT2D eigenvalue weighted by Gasteiger charge is -2.06. The van der Waals surface area contributed by atoms with E-state index in [2.05, 4.69) is 17.6 Å². The van der Waals surface area contributed by atoms with Gasteiger partial charge in [0, 0.05) is 0 Å². The second-order valence-corrected chi connectivity index (χ2v) is 7.59. The highest BCUT2D eigenvalue weighted by Crippen LogP contribution is 2.08. The van der Waals surface area contributed by atoms with Crippen molar-refractivity contribution in [3.8, 4) is 0 Å². The van der Waals surface area contributed by atoms with Gasteiger partial charge in [0.15, 0.2) is 0 Å². The van der Waals surface area contributed by atoms with E-state index in [0.29, 0.717) is 0 Å². The Hall–Kier alpha value is -0.120. The van der Waals surface area contributed by atoms with Crippen LogP contribution in [0.4, 0.5) is 0 Å². The van der Waals surface area contributed by atoms with E-state index >= 15 is 0 Å². The Morgan fingerprint density at radius 3 is 1.12 bits per heavy atom. The summed E-state index contributed by atoms with van der Waals surface area (Å²) in [6.07, 6.45) is 21.9. The van der Waals surface area contributed by atoms with E-state index in [1.54, 1.807) is 0 Å². The Labute approximate surface area is 159 Å². The molecule has 0 aromatic heterocycles. The van der Waals surface area contributed by atoms with E-state index in [9.17, 15) is 0 Å². The van der Waals surface area contributed by atoms with Gasteiger partial charge in [0.1, 0.15) is 0 Å². The van der Waals surface area contributed by atoms with E-state index in [1.807, 2.05) is 0 Å². The van der Waals surface area contributed by atoms with Crippen molar-refractivity contribution in [3.63, 3.8) is 0 Å². The SMILES string of the molecule is CCCCCCCCCCNCCCCCCNCCCCCCN. The smallest absolute Gasteiger partial charge is 0.00489 e. The standard InChI is InChI=1S/C22H49N3/c1-2-3-4-5-6-7-9-14-19-24-21-16-11-12-17-22-25-20-15-10-8-13-18-23/h24-25H,2-23H2,1H3. The fourth-order valence-electron chi connectivity index (χ4n) is 3.24. The van der Waals surface area contributed by atoms with E-state index in [0.717, 1.165) is 6.54 Å². The fourth-order valence-corrected chi connectivity index (χ4v) is 3.24. The molecule has 0 heterocycles. The van der Waals surface area contributed by atoms with Crippen LogP contribution in [0.5, 0.6) is 0 Å². The third-order valence-electron chi connectivity index (χ3n) is 4.97. The molecule has 0 aromatic carbocycles. The molecule has 0 spiro atoms. The van der Waals surface area contributed by atoms with Crippen molar-refractivity contribution in [2.24, 2.45) is 5.73 Å². The fraction of sp³-hybridized carbons (Fsp3) is 1.00. The maximum absolute atomic E-state index is 5.49. The molecule has 0 bridgehead atoms. The van der Waals surface area contributed by atoms with Crippen molar-refractivity contribution in [2.45, 2.75) is 110 Å². The molecule has 4 N–H and O–H groups in total. The van der Waals surface area contributed by atoms with Gasteiger partial charge in [-0.25, -0.2) is 0 Å². The first-order chi connectivity index (χ1) is 12.4. The van der Waals surface area contributed by atoms with Gasteiger partial charge in [-0.05, 0) is 64.8 Å². The maximum atomic E-state index is 5.49. The van der Waals surface area contributed by atoms with Crippen LogP contribution < -0.4 is 16.4 Å². The Bertz CT molecular complexity index is 199. The highest BCUT2D eigenvalue weighted by molar-refractivity contribution is 4.54. The lowest BCUT2D eigenvalue weighted by atomic mass is 10.1. The summed E-state index contributed by atoms with van der Waals surface area (Å²) in [5.41, 5.74) is 5.49. The van der Waals surface area contributed by atoms with Crippen LogP contribution in [0, 0.1) is 0 Å². The second kappa shape index (κ2) is 23.9. The van der Waals surface area contributed by atoms with Gasteiger partial charge in [-0.1, -0.05) is 77.6 Å². The van der Waals surface area contributed by atoms with E-state index < -0.39 is 0 Å². The topological polar surface area (TPSA) is 50.1 Å². The first-order valence-corrected chi connectivity index (χ1v) is 11.5. The van der Waals surface area contributed by atoms with Crippen LogP contribution in [0.25, 0.3) is 0 Å². The third-order valence-corrected chi connectivity index (χ3v) is 4.97. The molecule has 25 heavy (non-hydrogen) atoms. The molecule has 0 aliphatic carbocycles. The van der Waals surface area contributed by atoms with Crippen LogP contribution in [0.3, 0.4) is 0 Å². The first-order valence-electron chi connectivity index (χ1n) is 11.5. The van der Waals surface area contributed by atoms with Gasteiger partial charge in [-0.3, -0.25) is 0 Å². The summed E-state index contributed by atoms with van der Waals surface area (Å²) in [6.45, 7) is 7.95. The number of nitrogens with two attached hydrogens (primary N) is 1. The van der Waals surface area contributed by atoms with Crippen molar-refractivity contribution in [1.29, 1.82) is 0 Å². The van der Waals surface area contributed by atoms with Crippen molar-refractivity contribution in [2.75, 3.05) is 32.7 Å². The highest BCUT2D eigenvalue weighted by atomic mass is 14.8. The van der Waals surface area contributed by atoms with Crippen LogP contribution in [-0.4, -0.2) is 32.7 Å². The molecule has 0 unspecified atom stereocenters. The quantitative estimate of drug-likeness (QED) is 0.228. The van der Waals surface area contributed by atoms with Gasteiger partial charge in [0.05, 0.1) is 0 Å². The van der Waals surface area contributed by atoms with Crippen molar-refractivity contribution in [3.05, 3.63) is 0 Å². The van der Waals surface area contributed by atoms with Crippen LogP contribution in [0.1, 0.15) is 110 Å². The second-order valence-electron chi connectivity index (χ2n) is 7.59. The minimum Gasteiger partial charge on any atom is -0.330 e. The predicted molar refractivity (Wildman–Crippen MR) is 114 cm³/mol. The van der Waals surface area contributed by atoms with Crippen LogP contribution >= 0.6 is 0 Å². The number of hydrogen-bond donors (Lipinski definition) is 3. The van der Waals surface area contributed by atoms with E-state index in [4.69, 9.17) is 5.73 Å². The minimum atomic E-state index is 0.849. The zero-order valence-corrected chi connectivity index (χ0v) is 17.4. The summed E-state index contributed by atoms with van der Waals surface area (Å²) in [7, 11) is 0. The summed E-state index contributed by atoms with van der Waals surface area (Å²) in [6, 6.07) is 0. The molecule has 0 radical (unpaired) electrons. The summed E-state index contributed by atoms with van der Waals surface area (Å²) < 4.78 is 0. The molecule has 0 amide bonds. The van der Waals surface area contributed by atoms with Crippen molar-refractivity contribution < 1.29 is 0 Å². The van der Waals surface area contributed by atoms with Crippen LogP contribution in [0.15, 0.2) is 0 Å². The Morgan fingerprint density at radius 2 is 0.760 bits per heavy atom. The summed E-state index contributed by atoms with van der Waals surface area (Å²) in [4.78, 5) is 0. The number of nitrogens with one attached hydrogen (secondary N) is 2. The molecule has 0 rings (SSSR count). The molecule has 152 valence electrons. The molecule has 0 saturated heterocycles. The van der Waals surface area contributed by atoms with Gasteiger partial charge < -0.3 is 16.4 Å². The zero-order chi connectivity index (χ0) is 18.3. The molecule has 3 heteroatoms. The summed E-state index contributed by atoms with van der Waals surface area (Å²) >= 11 is 0. The molecule has 0 fully saturated rings. The molecule has 0 saturated carbocycles. The molecule has 3 nitrogen and oxygen atoms in total. The number of rotatable bonds is 22. The normalized spacial score (nSPS) is 11.3. The molecule has 0 atom stereocenters. The van der Waals surface area contributed by atoms with Gasteiger partial charge in [-0.2, -0.15) is 0 Å². The number of hydrogen-bond acceptors (Lipinski definition) is 3. The Kier molecular flexibility index (Phi) is 23.8. The highest BCUT2D eigenvalue weighted by Gasteiger charge is 1.94. The summed E-state index contributed by atoms with van der Waals surface area (Å²) in [5.74, 6) is 0. The van der Waals surface area contributed by atoms with E-state index in [-0.39, 0.29) is 0 Å². The van der Waals surface area contributed by atoms with Gasteiger partial charge in [0.2, 0.25) is 0 Å². The third kappa shape index (κ3) is 23.9. The molecule has 0 aliphatic heterocycles.